The maximum Gasteiger partial charge on any atom is 0.228 e. The summed E-state index contributed by atoms with van der Waals surface area (Å²) in [5.74, 6) is -0.112. The number of benzene rings is 2. The number of hydrogen-bond donors (Lipinski definition) is 2. The molecular formula is C21H20N2O2. The van der Waals surface area contributed by atoms with Gasteiger partial charge in [0.25, 0.3) is 0 Å². The second kappa shape index (κ2) is 8.11. The van der Waals surface area contributed by atoms with Gasteiger partial charge in [-0.3, -0.25) is 9.78 Å². The minimum Gasteiger partial charge on any atom is -0.508 e. The van der Waals surface area contributed by atoms with Gasteiger partial charge in [0.2, 0.25) is 5.91 Å². The molecule has 0 saturated carbocycles. The Morgan fingerprint density at radius 1 is 0.960 bits per heavy atom. The van der Waals surface area contributed by atoms with Crippen LogP contribution in [-0.4, -0.2) is 16.0 Å². The summed E-state index contributed by atoms with van der Waals surface area (Å²) in [6.07, 6.45) is 2.28. The lowest BCUT2D eigenvalue weighted by Crippen LogP contribution is -2.30. The molecule has 1 atom stereocenters. The van der Waals surface area contributed by atoms with Gasteiger partial charge in [0.1, 0.15) is 5.75 Å². The minimum absolute atomic E-state index is 0.0371. The van der Waals surface area contributed by atoms with Crippen LogP contribution in [0.4, 0.5) is 0 Å². The highest BCUT2D eigenvalue weighted by Crippen LogP contribution is 2.22. The van der Waals surface area contributed by atoms with Gasteiger partial charge in [-0.1, -0.05) is 48.5 Å². The number of carbonyl (C=O) groups excluding carboxylic acids is 1. The Kier molecular flexibility index (Phi) is 5.42. The molecule has 2 aromatic carbocycles. The summed E-state index contributed by atoms with van der Waals surface area (Å²) in [7, 11) is 0. The van der Waals surface area contributed by atoms with E-state index < -0.39 is 0 Å². The SMILES string of the molecule is O=C(NCc1ccccn1)[C@H](Cc1ccc(O)cc1)c1ccccc1. The van der Waals surface area contributed by atoms with E-state index in [0.29, 0.717) is 13.0 Å². The van der Waals surface area contributed by atoms with Gasteiger partial charge in [-0.2, -0.15) is 0 Å². The van der Waals surface area contributed by atoms with Crippen LogP contribution < -0.4 is 5.32 Å². The Morgan fingerprint density at radius 2 is 1.68 bits per heavy atom. The van der Waals surface area contributed by atoms with Crippen molar-refractivity contribution in [2.24, 2.45) is 0 Å². The Balaban J connectivity index is 1.76. The van der Waals surface area contributed by atoms with Crippen molar-refractivity contribution in [2.45, 2.75) is 18.9 Å². The molecule has 25 heavy (non-hydrogen) atoms. The fourth-order valence-corrected chi connectivity index (χ4v) is 2.72. The van der Waals surface area contributed by atoms with Gasteiger partial charge in [0.05, 0.1) is 18.2 Å². The molecule has 0 saturated heterocycles. The summed E-state index contributed by atoms with van der Waals surface area (Å²) >= 11 is 0. The van der Waals surface area contributed by atoms with Crippen molar-refractivity contribution in [3.8, 4) is 5.75 Å². The van der Waals surface area contributed by atoms with Crippen molar-refractivity contribution >= 4 is 5.91 Å². The highest BCUT2D eigenvalue weighted by Gasteiger charge is 2.21. The first-order valence-electron chi connectivity index (χ1n) is 8.23. The van der Waals surface area contributed by atoms with Crippen LogP contribution in [0.5, 0.6) is 5.75 Å². The van der Waals surface area contributed by atoms with Gasteiger partial charge in [-0.05, 0) is 41.8 Å². The summed E-state index contributed by atoms with van der Waals surface area (Å²) in [6.45, 7) is 0.401. The van der Waals surface area contributed by atoms with Gasteiger partial charge in [-0.15, -0.1) is 0 Å². The number of aromatic nitrogens is 1. The molecule has 0 spiro atoms. The number of carbonyl (C=O) groups is 1. The van der Waals surface area contributed by atoms with Crippen LogP contribution in [-0.2, 0) is 17.8 Å². The van der Waals surface area contributed by atoms with Crippen LogP contribution in [0.1, 0.15) is 22.7 Å². The highest BCUT2D eigenvalue weighted by atomic mass is 16.3. The van der Waals surface area contributed by atoms with Crippen LogP contribution in [0.15, 0.2) is 79.0 Å². The fourth-order valence-electron chi connectivity index (χ4n) is 2.72. The van der Waals surface area contributed by atoms with Crippen molar-refractivity contribution in [3.05, 3.63) is 95.8 Å². The molecule has 1 heterocycles. The number of nitrogens with zero attached hydrogens (tertiary/aromatic N) is 1. The molecule has 0 fully saturated rings. The number of hydrogen-bond acceptors (Lipinski definition) is 3. The third kappa shape index (κ3) is 4.67. The third-order valence-corrected chi connectivity index (χ3v) is 4.06. The van der Waals surface area contributed by atoms with E-state index in [1.54, 1.807) is 18.3 Å². The number of nitrogens with one attached hydrogen (secondary N) is 1. The maximum absolute atomic E-state index is 12.8. The lowest BCUT2D eigenvalue weighted by molar-refractivity contribution is -0.122. The summed E-state index contributed by atoms with van der Waals surface area (Å²) in [5, 5.41) is 12.4. The number of amides is 1. The van der Waals surface area contributed by atoms with E-state index in [-0.39, 0.29) is 17.6 Å². The average Bonchev–Trinajstić information content (AvgIpc) is 2.67. The van der Waals surface area contributed by atoms with E-state index in [9.17, 15) is 9.90 Å². The van der Waals surface area contributed by atoms with Crippen LogP contribution in [0.3, 0.4) is 0 Å². The van der Waals surface area contributed by atoms with Gasteiger partial charge < -0.3 is 10.4 Å². The van der Waals surface area contributed by atoms with Crippen LogP contribution in [0, 0.1) is 0 Å². The standard InChI is InChI=1S/C21H20N2O2/c24-19-11-9-16(10-12-19)14-20(17-6-2-1-3-7-17)21(25)23-15-18-8-4-5-13-22-18/h1-13,20,24H,14-15H2,(H,23,25)/t20-/m1/s1. The molecule has 0 aliphatic rings. The molecule has 0 aliphatic carbocycles. The molecular weight excluding hydrogens is 312 g/mol. The van der Waals surface area contributed by atoms with E-state index in [2.05, 4.69) is 10.3 Å². The largest absolute Gasteiger partial charge is 0.508 e. The van der Waals surface area contributed by atoms with Crippen LogP contribution in [0.25, 0.3) is 0 Å². The zero-order chi connectivity index (χ0) is 17.5. The first-order chi connectivity index (χ1) is 12.2. The monoisotopic (exact) mass is 332 g/mol. The molecule has 126 valence electrons. The predicted octanol–water partition coefficient (Wildman–Crippen LogP) is 3.43. The van der Waals surface area contributed by atoms with Crippen molar-refractivity contribution in [2.75, 3.05) is 0 Å². The fraction of sp³-hybridized carbons (Fsp3) is 0.143. The lowest BCUT2D eigenvalue weighted by Gasteiger charge is -2.17. The molecule has 3 aromatic rings. The second-order valence-corrected chi connectivity index (χ2v) is 5.87. The zero-order valence-corrected chi connectivity index (χ0v) is 13.8. The minimum atomic E-state index is -0.297. The first kappa shape index (κ1) is 16.7. The van der Waals surface area contributed by atoms with Crippen molar-refractivity contribution in [1.29, 1.82) is 0 Å². The molecule has 3 rings (SSSR count). The molecule has 4 heteroatoms. The maximum atomic E-state index is 12.8. The molecule has 4 nitrogen and oxygen atoms in total. The van der Waals surface area contributed by atoms with Crippen LogP contribution in [0.2, 0.25) is 0 Å². The second-order valence-electron chi connectivity index (χ2n) is 5.87. The van der Waals surface area contributed by atoms with Crippen molar-refractivity contribution in [1.82, 2.24) is 10.3 Å². The van der Waals surface area contributed by atoms with Crippen molar-refractivity contribution < 1.29 is 9.90 Å². The Labute approximate surface area is 147 Å². The average molecular weight is 332 g/mol. The molecule has 0 aliphatic heterocycles. The van der Waals surface area contributed by atoms with E-state index in [1.165, 1.54) is 0 Å². The lowest BCUT2D eigenvalue weighted by atomic mass is 9.91. The number of aromatic hydroxyl groups is 1. The molecule has 0 radical (unpaired) electrons. The Morgan fingerprint density at radius 3 is 2.36 bits per heavy atom. The van der Waals surface area contributed by atoms with Gasteiger partial charge in [-0.25, -0.2) is 0 Å². The smallest absolute Gasteiger partial charge is 0.228 e. The topological polar surface area (TPSA) is 62.2 Å². The predicted molar refractivity (Wildman–Crippen MR) is 97.1 cm³/mol. The summed E-state index contributed by atoms with van der Waals surface area (Å²) in [6, 6.07) is 22.3. The van der Waals surface area contributed by atoms with E-state index in [4.69, 9.17) is 0 Å². The number of rotatable bonds is 6. The van der Waals surface area contributed by atoms with Gasteiger partial charge in [0, 0.05) is 6.20 Å². The van der Waals surface area contributed by atoms with Gasteiger partial charge >= 0.3 is 0 Å². The summed E-state index contributed by atoms with van der Waals surface area (Å²) in [4.78, 5) is 17.0. The first-order valence-corrected chi connectivity index (χ1v) is 8.23. The normalized spacial score (nSPS) is 11.7. The highest BCUT2D eigenvalue weighted by molar-refractivity contribution is 5.84. The number of phenols is 1. The summed E-state index contributed by atoms with van der Waals surface area (Å²) in [5.41, 5.74) is 2.79. The van der Waals surface area contributed by atoms with Crippen molar-refractivity contribution in [3.63, 3.8) is 0 Å². The molecule has 1 amide bonds. The number of pyridine rings is 1. The van der Waals surface area contributed by atoms with Gasteiger partial charge in [0.15, 0.2) is 0 Å². The van der Waals surface area contributed by atoms with E-state index in [1.807, 2.05) is 60.7 Å². The Hall–Kier alpha value is -3.14. The molecule has 0 unspecified atom stereocenters. The molecule has 2 N–H and O–H groups in total. The quantitative estimate of drug-likeness (QED) is 0.727. The Bertz CT molecular complexity index is 802. The molecule has 0 bridgehead atoms. The third-order valence-electron chi connectivity index (χ3n) is 4.06. The van der Waals surface area contributed by atoms with Crippen LogP contribution >= 0.6 is 0 Å². The van der Waals surface area contributed by atoms with E-state index >= 15 is 0 Å². The molecule has 1 aromatic heterocycles. The van der Waals surface area contributed by atoms with E-state index in [0.717, 1.165) is 16.8 Å². The zero-order valence-electron chi connectivity index (χ0n) is 13.8. The number of phenolic OH excluding ortho intramolecular Hbond substituents is 1. The summed E-state index contributed by atoms with van der Waals surface area (Å²) < 4.78 is 0.